The molecule has 2 nitrogen and oxygen atoms in total. The van der Waals surface area contributed by atoms with Crippen molar-refractivity contribution < 1.29 is 8.78 Å². The fourth-order valence-electron chi connectivity index (χ4n) is 0.899. The zero-order valence-electron chi connectivity index (χ0n) is 6.64. The molecule has 0 aromatic carbocycles. The molecule has 0 saturated heterocycles. The summed E-state index contributed by atoms with van der Waals surface area (Å²) in [5.74, 6) is 4.97. The minimum Gasteiger partial charge on any atom is -0.271 e. The van der Waals surface area contributed by atoms with Crippen molar-refractivity contribution in [1.82, 2.24) is 5.43 Å². The fourth-order valence-corrected chi connectivity index (χ4v) is 1.79. The largest absolute Gasteiger partial charge is 0.338 e. The van der Waals surface area contributed by atoms with E-state index >= 15 is 0 Å². The van der Waals surface area contributed by atoms with Crippen molar-refractivity contribution in [3.8, 4) is 0 Å². The zero-order valence-corrected chi connectivity index (χ0v) is 8.21. The van der Waals surface area contributed by atoms with Crippen LogP contribution in [0.25, 0.3) is 0 Å². The highest BCUT2D eigenvalue weighted by Gasteiger charge is 2.36. The number of hydrogen-bond donors (Lipinski definition) is 2. The van der Waals surface area contributed by atoms with Crippen molar-refractivity contribution in [2.24, 2.45) is 5.84 Å². The molecule has 0 spiro atoms. The highest BCUT2D eigenvalue weighted by Crippen LogP contribution is 2.26. The Bertz CT molecular complexity index is 247. The molecule has 0 fully saturated rings. The van der Waals surface area contributed by atoms with Gasteiger partial charge in [0.25, 0.3) is 0 Å². The molecule has 0 bridgehead atoms. The van der Waals surface area contributed by atoms with E-state index in [1.165, 1.54) is 11.3 Å². The van der Waals surface area contributed by atoms with E-state index in [9.17, 15) is 8.78 Å². The van der Waals surface area contributed by atoms with Gasteiger partial charge in [-0.3, -0.25) is 5.84 Å². The van der Waals surface area contributed by atoms with Gasteiger partial charge in [-0.1, -0.05) is 6.07 Å². The van der Waals surface area contributed by atoms with Gasteiger partial charge in [0.1, 0.15) is 6.04 Å². The minimum absolute atomic E-state index is 0.130. The van der Waals surface area contributed by atoms with Gasteiger partial charge in [0, 0.05) is 11.3 Å². The highest BCUT2D eigenvalue weighted by atomic mass is 35.5. The summed E-state index contributed by atoms with van der Waals surface area (Å²) >= 11 is 6.24. The Labute approximate surface area is 83.7 Å². The molecule has 0 aliphatic carbocycles. The average Bonchev–Trinajstić information content (AvgIpc) is 2.49. The quantitative estimate of drug-likeness (QED) is 0.468. The van der Waals surface area contributed by atoms with Gasteiger partial charge >= 0.3 is 5.38 Å². The van der Waals surface area contributed by atoms with Crippen LogP contribution in [0.5, 0.6) is 0 Å². The van der Waals surface area contributed by atoms with E-state index in [1.807, 2.05) is 10.8 Å². The van der Waals surface area contributed by atoms with E-state index in [4.69, 9.17) is 17.4 Å². The Morgan fingerprint density at radius 2 is 2.38 bits per heavy atom. The maximum atomic E-state index is 12.6. The van der Waals surface area contributed by atoms with E-state index in [1.54, 1.807) is 12.1 Å². The summed E-state index contributed by atoms with van der Waals surface area (Å²) in [6, 6.07) is 2.32. The molecular weight excluding hydrogens is 218 g/mol. The van der Waals surface area contributed by atoms with Crippen molar-refractivity contribution in [1.29, 1.82) is 0 Å². The summed E-state index contributed by atoms with van der Waals surface area (Å²) in [5, 5.41) is -1.51. The number of nitrogens with two attached hydrogens (primary N) is 1. The Hall–Kier alpha value is -0.230. The number of thiophene rings is 1. The van der Waals surface area contributed by atoms with Gasteiger partial charge in [-0.05, 0) is 23.0 Å². The molecule has 3 N–H and O–H groups in total. The standard InChI is InChI=1S/C7H9ClF2N2S/c8-7(9,10)6(12-11)4-5-2-1-3-13-5/h1-3,6,12H,4,11H2. The van der Waals surface area contributed by atoms with Crippen LogP contribution in [0.4, 0.5) is 8.78 Å². The lowest BCUT2D eigenvalue weighted by molar-refractivity contribution is 0.0506. The third kappa shape index (κ3) is 3.19. The van der Waals surface area contributed by atoms with Gasteiger partial charge in [0.15, 0.2) is 0 Å². The monoisotopic (exact) mass is 226 g/mol. The smallest absolute Gasteiger partial charge is 0.271 e. The molecule has 1 unspecified atom stereocenters. The van der Waals surface area contributed by atoms with Crippen LogP contribution in [-0.4, -0.2) is 11.4 Å². The summed E-state index contributed by atoms with van der Waals surface area (Å²) < 4.78 is 25.2. The Kier molecular flexibility index (Phi) is 3.61. The molecule has 0 aliphatic heterocycles. The third-order valence-electron chi connectivity index (χ3n) is 1.58. The Morgan fingerprint density at radius 1 is 1.69 bits per heavy atom. The first-order valence-corrected chi connectivity index (χ1v) is 4.85. The zero-order chi connectivity index (χ0) is 9.90. The number of halogens is 3. The highest BCUT2D eigenvalue weighted by molar-refractivity contribution is 7.09. The SMILES string of the molecule is NNC(Cc1cccs1)C(F)(F)Cl. The van der Waals surface area contributed by atoms with Crippen LogP contribution < -0.4 is 11.3 Å². The normalized spacial score (nSPS) is 14.5. The molecule has 1 aromatic heterocycles. The van der Waals surface area contributed by atoms with Gasteiger partial charge in [-0.15, -0.1) is 11.3 Å². The van der Waals surface area contributed by atoms with Crippen molar-refractivity contribution in [2.75, 3.05) is 0 Å². The van der Waals surface area contributed by atoms with Gasteiger partial charge < -0.3 is 0 Å². The first kappa shape index (κ1) is 10.8. The maximum absolute atomic E-state index is 12.6. The lowest BCUT2D eigenvalue weighted by atomic mass is 10.2. The van der Waals surface area contributed by atoms with E-state index < -0.39 is 11.4 Å². The molecule has 6 heteroatoms. The summed E-state index contributed by atoms with van der Waals surface area (Å²) in [5.41, 5.74) is 2.00. The summed E-state index contributed by atoms with van der Waals surface area (Å²) in [6.45, 7) is 0. The van der Waals surface area contributed by atoms with E-state index in [0.717, 1.165) is 4.88 Å². The number of nitrogens with one attached hydrogen (secondary N) is 1. The molecule has 1 rings (SSSR count). The number of hydrazine groups is 1. The van der Waals surface area contributed by atoms with Gasteiger partial charge in [-0.25, -0.2) is 5.43 Å². The molecule has 1 atom stereocenters. The van der Waals surface area contributed by atoms with Crippen molar-refractivity contribution >= 4 is 22.9 Å². The number of rotatable bonds is 4. The second-order valence-corrected chi connectivity index (χ2v) is 4.08. The fraction of sp³-hybridized carbons (Fsp3) is 0.429. The Balaban J connectivity index is 2.60. The topological polar surface area (TPSA) is 38.0 Å². The summed E-state index contributed by atoms with van der Waals surface area (Å²) in [6.07, 6.45) is 0.130. The maximum Gasteiger partial charge on any atom is 0.338 e. The molecule has 0 amide bonds. The van der Waals surface area contributed by atoms with Crippen LogP contribution in [-0.2, 0) is 6.42 Å². The average molecular weight is 227 g/mol. The van der Waals surface area contributed by atoms with Gasteiger partial charge in [0.2, 0.25) is 0 Å². The second-order valence-electron chi connectivity index (χ2n) is 2.54. The molecule has 1 heterocycles. The van der Waals surface area contributed by atoms with Crippen LogP contribution in [0.1, 0.15) is 4.88 Å². The molecule has 0 radical (unpaired) electrons. The molecule has 0 aliphatic rings. The predicted molar refractivity (Wildman–Crippen MR) is 49.9 cm³/mol. The number of hydrogen-bond acceptors (Lipinski definition) is 3. The lowest BCUT2D eigenvalue weighted by Crippen LogP contribution is -2.46. The first-order chi connectivity index (χ1) is 6.04. The van der Waals surface area contributed by atoms with Crippen LogP contribution >= 0.6 is 22.9 Å². The van der Waals surface area contributed by atoms with E-state index in [0.29, 0.717) is 0 Å². The molecule has 0 saturated carbocycles. The molecule has 1 aromatic rings. The third-order valence-corrected chi connectivity index (χ3v) is 2.74. The van der Waals surface area contributed by atoms with E-state index in [2.05, 4.69) is 0 Å². The first-order valence-electron chi connectivity index (χ1n) is 3.59. The summed E-state index contributed by atoms with van der Waals surface area (Å²) in [4.78, 5) is 0.822. The van der Waals surface area contributed by atoms with E-state index in [-0.39, 0.29) is 6.42 Å². The molecule has 74 valence electrons. The van der Waals surface area contributed by atoms with Crippen LogP contribution in [0.15, 0.2) is 17.5 Å². The predicted octanol–water partition coefficient (Wildman–Crippen LogP) is 1.95. The van der Waals surface area contributed by atoms with Crippen LogP contribution in [0, 0.1) is 0 Å². The van der Waals surface area contributed by atoms with Crippen molar-refractivity contribution in [3.63, 3.8) is 0 Å². The summed E-state index contributed by atoms with van der Waals surface area (Å²) in [7, 11) is 0. The number of alkyl halides is 3. The van der Waals surface area contributed by atoms with Crippen LogP contribution in [0.2, 0.25) is 0 Å². The minimum atomic E-state index is -3.32. The van der Waals surface area contributed by atoms with Gasteiger partial charge in [-0.2, -0.15) is 8.78 Å². The second kappa shape index (κ2) is 4.32. The molecule has 13 heavy (non-hydrogen) atoms. The van der Waals surface area contributed by atoms with Crippen molar-refractivity contribution in [2.45, 2.75) is 17.8 Å². The van der Waals surface area contributed by atoms with Crippen LogP contribution in [0.3, 0.4) is 0 Å². The van der Waals surface area contributed by atoms with Gasteiger partial charge in [0.05, 0.1) is 0 Å². The lowest BCUT2D eigenvalue weighted by Gasteiger charge is -2.19. The van der Waals surface area contributed by atoms with Crippen molar-refractivity contribution in [3.05, 3.63) is 22.4 Å². The Morgan fingerprint density at radius 3 is 2.77 bits per heavy atom. The molecular formula is C7H9ClF2N2S.